The molecule has 1 nitrogen and oxygen atoms in total. The van der Waals surface area contributed by atoms with Gasteiger partial charge in [0.1, 0.15) is 18.2 Å². The molecule has 1 radical (unpaired) electrons. The summed E-state index contributed by atoms with van der Waals surface area (Å²) in [6.07, 6.45) is 0. The first kappa shape index (κ1) is 10.7. The Morgan fingerprint density at radius 3 is 2.50 bits per heavy atom. The van der Waals surface area contributed by atoms with Crippen LogP contribution in [-0.4, -0.2) is 0 Å². The highest BCUT2D eigenvalue weighted by molar-refractivity contribution is 5.26. The first-order valence-electron chi connectivity index (χ1n) is 5.03. The molecule has 81 valence electrons. The van der Waals surface area contributed by atoms with Crippen molar-refractivity contribution in [2.75, 3.05) is 0 Å². The van der Waals surface area contributed by atoms with Gasteiger partial charge < -0.3 is 4.74 Å². The van der Waals surface area contributed by atoms with Gasteiger partial charge in [0.25, 0.3) is 0 Å². The van der Waals surface area contributed by atoms with Crippen molar-refractivity contribution in [3.63, 3.8) is 0 Å². The van der Waals surface area contributed by atoms with Gasteiger partial charge in [-0.15, -0.1) is 0 Å². The standard InChI is InChI=1S/C14H12FO/c1-11-5-7-12(8-6-11)10-16-14-4-2-3-13(15)9-14/h2-9H,1,10H2. The minimum absolute atomic E-state index is 0.286. The molecule has 0 N–H and O–H groups in total. The van der Waals surface area contributed by atoms with Crippen LogP contribution in [0.1, 0.15) is 11.1 Å². The molecule has 2 heteroatoms. The topological polar surface area (TPSA) is 9.23 Å². The van der Waals surface area contributed by atoms with Crippen molar-refractivity contribution >= 4 is 0 Å². The van der Waals surface area contributed by atoms with Gasteiger partial charge in [0.2, 0.25) is 0 Å². The summed E-state index contributed by atoms with van der Waals surface area (Å²) < 4.78 is 18.3. The van der Waals surface area contributed by atoms with Gasteiger partial charge in [0.05, 0.1) is 0 Å². The maximum Gasteiger partial charge on any atom is 0.126 e. The zero-order valence-corrected chi connectivity index (χ0v) is 8.82. The lowest BCUT2D eigenvalue weighted by atomic mass is 10.2. The van der Waals surface area contributed by atoms with Crippen molar-refractivity contribution in [2.24, 2.45) is 0 Å². The highest BCUT2D eigenvalue weighted by Crippen LogP contribution is 2.14. The summed E-state index contributed by atoms with van der Waals surface area (Å²) in [5.74, 6) is 0.254. The lowest BCUT2D eigenvalue weighted by Gasteiger charge is -2.06. The molecule has 0 aliphatic heterocycles. The fraction of sp³-hybridized carbons (Fsp3) is 0.0714. The highest BCUT2D eigenvalue weighted by Gasteiger charge is 1.97. The average molecular weight is 215 g/mol. The van der Waals surface area contributed by atoms with Crippen molar-refractivity contribution in [2.45, 2.75) is 6.61 Å². The third-order valence-electron chi connectivity index (χ3n) is 2.22. The first-order chi connectivity index (χ1) is 7.74. The van der Waals surface area contributed by atoms with Gasteiger partial charge >= 0.3 is 0 Å². The predicted octanol–water partition coefficient (Wildman–Crippen LogP) is 3.59. The molecule has 0 heterocycles. The number of halogens is 1. The van der Waals surface area contributed by atoms with E-state index in [1.54, 1.807) is 12.1 Å². The number of ether oxygens (including phenoxy) is 1. The maximum absolute atomic E-state index is 12.9. The molecule has 0 fully saturated rings. The van der Waals surface area contributed by atoms with E-state index < -0.39 is 0 Å². The summed E-state index contributed by atoms with van der Waals surface area (Å²) in [5.41, 5.74) is 2.01. The van der Waals surface area contributed by atoms with Crippen molar-refractivity contribution in [3.8, 4) is 5.75 Å². The van der Waals surface area contributed by atoms with E-state index in [9.17, 15) is 4.39 Å². The molecule has 0 aliphatic carbocycles. The van der Waals surface area contributed by atoms with Crippen LogP contribution in [0.4, 0.5) is 4.39 Å². The van der Waals surface area contributed by atoms with Crippen molar-refractivity contribution < 1.29 is 9.13 Å². The summed E-state index contributed by atoms with van der Waals surface area (Å²) in [6.45, 7) is 4.24. The summed E-state index contributed by atoms with van der Waals surface area (Å²) in [5, 5.41) is 0. The molecule has 0 unspecified atom stereocenters. The van der Waals surface area contributed by atoms with E-state index in [4.69, 9.17) is 4.74 Å². The second kappa shape index (κ2) is 4.79. The third-order valence-corrected chi connectivity index (χ3v) is 2.22. The molecule has 0 atom stereocenters. The average Bonchev–Trinajstić information content (AvgIpc) is 2.28. The van der Waals surface area contributed by atoms with Crippen LogP contribution in [-0.2, 0) is 6.61 Å². The Kier molecular flexibility index (Phi) is 3.20. The van der Waals surface area contributed by atoms with E-state index in [0.29, 0.717) is 12.4 Å². The van der Waals surface area contributed by atoms with Gasteiger partial charge in [-0.1, -0.05) is 30.3 Å². The molecule has 16 heavy (non-hydrogen) atoms. The highest BCUT2D eigenvalue weighted by atomic mass is 19.1. The predicted molar refractivity (Wildman–Crippen MR) is 61.6 cm³/mol. The summed E-state index contributed by atoms with van der Waals surface area (Å²) in [4.78, 5) is 0. The third kappa shape index (κ3) is 2.83. The fourth-order valence-electron chi connectivity index (χ4n) is 1.36. The molecule has 0 aliphatic rings. The van der Waals surface area contributed by atoms with Crippen LogP contribution in [0.15, 0.2) is 48.5 Å². The van der Waals surface area contributed by atoms with E-state index in [2.05, 4.69) is 6.92 Å². The molecular formula is C14H12FO. The Balaban J connectivity index is 1.99. The molecular weight excluding hydrogens is 203 g/mol. The van der Waals surface area contributed by atoms with E-state index in [0.717, 1.165) is 11.1 Å². The van der Waals surface area contributed by atoms with Gasteiger partial charge in [-0.3, -0.25) is 0 Å². The SMILES string of the molecule is [CH2]c1ccc(COc2cccc(F)c2)cc1. The smallest absolute Gasteiger partial charge is 0.126 e. The molecule has 0 bridgehead atoms. The molecule has 2 aromatic carbocycles. The van der Waals surface area contributed by atoms with Crippen LogP contribution in [0, 0.1) is 12.7 Å². The van der Waals surface area contributed by atoms with Crippen molar-refractivity contribution in [1.82, 2.24) is 0 Å². The lowest BCUT2D eigenvalue weighted by Crippen LogP contribution is -1.95. The van der Waals surface area contributed by atoms with Crippen molar-refractivity contribution in [1.29, 1.82) is 0 Å². The van der Waals surface area contributed by atoms with E-state index in [-0.39, 0.29) is 5.82 Å². The molecule has 2 aromatic rings. The Hall–Kier alpha value is -1.83. The van der Waals surface area contributed by atoms with Gasteiger partial charge in [0.15, 0.2) is 0 Å². The van der Waals surface area contributed by atoms with Crippen LogP contribution in [0.3, 0.4) is 0 Å². The van der Waals surface area contributed by atoms with Gasteiger partial charge in [-0.2, -0.15) is 0 Å². The van der Waals surface area contributed by atoms with Gasteiger partial charge in [0, 0.05) is 6.07 Å². The molecule has 0 saturated heterocycles. The monoisotopic (exact) mass is 215 g/mol. The molecule has 0 spiro atoms. The Labute approximate surface area is 94.5 Å². The largest absolute Gasteiger partial charge is 0.489 e. The van der Waals surface area contributed by atoms with Gasteiger partial charge in [-0.05, 0) is 30.2 Å². The minimum atomic E-state index is -0.286. The normalized spacial score (nSPS) is 10.1. The number of hydrogen-bond acceptors (Lipinski definition) is 1. The molecule has 0 amide bonds. The van der Waals surface area contributed by atoms with Crippen molar-refractivity contribution in [3.05, 3.63) is 72.4 Å². The van der Waals surface area contributed by atoms with Crippen LogP contribution in [0.2, 0.25) is 0 Å². The maximum atomic E-state index is 12.9. The summed E-state index contributed by atoms with van der Waals surface area (Å²) in [6, 6.07) is 13.9. The Morgan fingerprint density at radius 1 is 1.06 bits per heavy atom. The summed E-state index contributed by atoms with van der Waals surface area (Å²) >= 11 is 0. The second-order valence-corrected chi connectivity index (χ2v) is 3.56. The molecule has 2 rings (SSSR count). The number of hydrogen-bond donors (Lipinski definition) is 0. The zero-order valence-electron chi connectivity index (χ0n) is 8.82. The Bertz CT molecular complexity index is 462. The first-order valence-corrected chi connectivity index (χ1v) is 5.03. The fourth-order valence-corrected chi connectivity index (χ4v) is 1.36. The molecule has 0 aromatic heterocycles. The number of rotatable bonds is 3. The second-order valence-electron chi connectivity index (χ2n) is 3.56. The molecule has 0 saturated carbocycles. The summed E-state index contributed by atoms with van der Waals surface area (Å²) in [7, 11) is 0. The quantitative estimate of drug-likeness (QED) is 0.760. The lowest BCUT2D eigenvalue weighted by molar-refractivity contribution is 0.304. The van der Waals surface area contributed by atoms with Crippen LogP contribution in [0.25, 0.3) is 0 Å². The minimum Gasteiger partial charge on any atom is -0.489 e. The van der Waals surface area contributed by atoms with Crippen LogP contribution in [0.5, 0.6) is 5.75 Å². The zero-order chi connectivity index (χ0) is 11.4. The Morgan fingerprint density at radius 2 is 1.81 bits per heavy atom. The van der Waals surface area contributed by atoms with Gasteiger partial charge in [-0.25, -0.2) is 4.39 Å². The van der Waals surface area contributed by atoms with E-state index in [1.165, 1.54) is 12.1 Å². The van der Waals surface area contributed by atoms with E-state index >= 15 is 0 Å². The van der Waals surface area contributed by atoms with Crippen LogP contribution < -0.4 is 4.74 Å². The number of benzene rings is 2. The van der Waals surface area contributed by atoms with Crippen LogP contribution >= 0.6 is 0 Å². The van der Waals surface area contributed by atoms with E-state index in [1.807, 2.05) is 24.3 Å².